The van der Waals surface area contributed by atoms with Crippen molar-refractivity contribution in [2.75, 3.05) is 11.6 Å². The maximum absolute atomic E-state index is 11.5. The molecule has 78 valence electrons. The molecular formula is C7H8N6O2. The molecule has 2 rings (SSSR count). The lowest BCUT2D eigenvalue weighted by Crippen LogP contribution is -2.21. The van der Waals surface area contributed by atoms with Gasteiger partial charge in [-0.3, -0.25) is 9.78 Å². The zero-order chi connectivity index (χ0) is 10.8. The molecule has 8 heteroatoms. The lowest BCUT2D eigenvalue weighted by atomic mass is 10.5. The summed E-state index contributed by atoms with van der Waals surface area (Å²) in [6, 6.07) is 0. The molecule has 0 bridgehead atoms. The third kappa shape index (κ3) is 1.45. The Morgan fingerprint density at radius 3 is 3.07 bits per heavy atom. The molecular weight excluding hydrogens is 200 g/mol. The summed E-state index contributed by atoms with van der Waals surface area (Å²) in [5.41, 5.74) is 0.158. The van der Waals surface area contributed by atoms with Gasteiger partial charge in [0.1, 0.15) is 0 Å². The van der Waals surface area contributed by atoms with Gasteiger partial charge in [0.2, 0.25) is 5.95 Å². The first-order valence-corrected chi connectivity index (χ1v) is 4.30. The van der Waals surface area contributed by atoms with Crippen LogP contribution in [0.25, 0.3) is 11.2 Å². The van der Waals surface area contributed by atoms with Crippen LogP contribution in [0.2, 0.25) is 0 Å². The summed E-state index contributed by atoms with van der Waals surface area (Å²) in [6.45, 7) is 2.04. The quantitative estimate of drug-likeness (QED) is 0.551. The van der Waals surface area contributed by atoms with Gasteiger partial charge in [0.15, 0.2) is 11.2 Å². The van der Waals surface area contributed by atoms with Gasteiger partial charge in [-0.2, -0.15) is 9.99 Å². The summed E-state index contributed by atoms with van der Waals surface area (Å²) in [5.74, 6) is 0.0945. The fourth-order valence-electron chi connectivity index (χ4n) is 1.20. The lowest BCUT2D eigenvalue weighted by molar-refractivity contribution is 0.834. The molecule has 0 aromatic carbocycles. The van der Waals surface area contributed by atoms with Crippen LogP contribution in [0.4, 0.5) is 5.95 Å². The highest BCUT2D eigenvalue weighted by molar-refractivity contribution is 5.69. The smallest absolute Gasteiger partial charge is 0.278 e. The molecule has 0 fully saturated rings. The second-order valence-corrected chi connectivity index (χ2v) is 2.79. The van der Waals surface area contributed by atoms with Crippen molar-refractivity contribution in [2.24, 2.45) is 5.29 Å². The number of imidazole rings is 1. The number of nitrogens with zero attached hydrogens (tertiary/aromatic N) is 4. The minimum absolute atomic E-state index is 0.0945. The number of anilines is 1. The van der Waals surface area contributed by atoms with E-state index >= 15 is 0 Å². The summed E-state index contributed by atoms with van der Waals surface area (Å²) in [4.78, 5) is 34.8. The third-order valence-corrected chi connectivity index (χ3v) is 1.93. The van der Waals surface area contributed by atoms with Crippen LogP contribution < -0.4 is 10.6 Å². The molecule has 0 aliphatic carbocycles. The molecule has 0 aliphatic heterocycles. The monoisotopic (exact) mass is 208 g/mol. The number of hydrogen-bond acceptors (Lipinski definition) is 5. The molecule has 0 radical (unpaired) electrons. The largest absolute Gasteiger partial charge is 0.339 e. The number of hydrogen-bond donors (Lipinski definition) is 2. The molecule has 0 saturated carbocycles. The maximum Gasteiger partial charge on any atom is 0.278 e. The van der Waals surface area contributed by atoms with E-state index in [2.05, 4.69) is 25.2 Å². The minimum Gasteiger partial charge on any atom is -0.339 e. The first-order chi connectivity index (χ1) is 7.26. The van der Waals surface area contributed by atoms with Gasteiger partial charge in [0, 0.05) is 6.54 Å². The molecule has 2 aromatic heterocycles. The van der Waals surface area contributed by atoms with E-state index in [9.17, 15) is 9.70 Å². The van der Waals surface area contributed by atoms with Gasteiger partial charge >= 0.3 is 0 Å². The van der Waals surface area contributed by atoms with E-state index < -0.39 is 0 Å². The standard InChI is InChI=1S/C7H8N6O2/c1-2-13(12-15)7-10-5-4(6(14)11-7)8-3-9-5/h3H,2H2,1H3,(H2,8,9,10,11,14). The van der Waals surface area contributed by atoms with E-state index in [1.54, 1.807) is 6.92 Å². The van der Waals surface area contributed by atoms with Gasteiger partial charge in [-0.1, -0.05) is 0 Å². The van der Waals surface area contributed by atoms with Crippen LogP contribution in [-0.2, 0) is 0 Å². The summed E-state index contributed by atoms with van der Waals surface area (Å²) >= 11 is 0. The van der Waals surface area contributed by atoms with Crippen LogP contribution in [0, 0.1) is 4.91 Å². The van der Waals surface area contributed by atoms with Crippen molar-refractivity contribution in [1.82, 2.24) is 19.9 Å². The van der Waals surface area contributed by atoms with Gasteiger partial charge < -0.3 is 4.98 Å². The molecule has 2 aromatic rings. The molecule has 0 saturated heterocycles. The fourth-order valence-corrected chi connectivity index (χ4v) is 1.20. The van der Waals surface area contributed by atoms with Crippen LogP contribution in [-0.4, -0.2) is 26.5 Å². The Hall–Kier alpha value is -2.25. The molecule has 15 heavy (non-hydrogen) atoms. The Kier molecular flexibility index (Phi) is 2.16. The topological polar surface area (TPSA) is 107 Å². The van der Waals surface area contributed by atoms with E-state index in [4.69, 9.17) is 0 Å². The van der Waals surface area contributed by atoms with Crippen LogP contribution in [0.3, 0.4) is 0 Å². The Morgan fingerprint density at radius 1 is 1.60 bits per heavy atom. The SMILES string of the molecule is CCN(N=O)c1nc2nc[nH]c2c(=O)[nH]1. The van der Waals surface area contributed by atoms with E-state index in [-0.39, 0.29) is 22.7 Å². The Bertz CT molecular complexity index is 544. The zero-order valence-electron chi connectivity index (χ0n) is 7.89. The molecule has 0 spiro atoms. The van der Waals surface area contributed by atoms with Crippen molar-refractivity contribution in [3.63, 3.8) is 0 Å². The average Bonchev–Trinajstić information content (AvgIpc) is 2.68. The van der Waals surface area contributed by atoms with Gasteiger partial charge in [-0.05, 0) is 6.92 Å². The Balaban J connectivity index is 2.62. The van der Waals surface area contributed by atoms with Gasteiger partial charge in [0.25, 0.3) is 5.56 Å². The number of aromatic nitrogens is 4. The molecule has 0 aliphatic rings. The summed E-state index contributed by atoms with van der Waals surface area (Å²) in [6.07, 6.45) is 1.36. The summed E-state index contributed by atoms with van der Waals surface area (Å²) in [5, 5.41) is 3.76. The molecule has 0 atom stereocenters. The van der Waals surface area contributed by atoms with Crippen molar-refractivity contribution in [1.29, 1.82) is 0 Å². The zero-order valence-corrected chi connectivity index (χ0v) is 7.89. The van der Waals surface area contributed by atoms with Gasteiger partial charge in [-0.25, -0.2) is 4.98 Å². The van der Waals surface area contributed by atoms with E-state index in [1.165, 1.54) is 6.33 Å². The predicted molar refractivity (Wildman–Crippen MR) is 53.3 cm³/mol. The van der Waals surface area contributed by atoms with Crippen LogP contribution in [0.1, 0.15) is 6.92 Å². The van der Waals surface area contributed by atoms with Crippen molar-refractivity contribution in [2.45, 2.75) is 6.92 Å². The first kappa shape index (κ1) is 9.31. The van der Waals surface area contributed by atoms with Crippen molar-refractivity contribution in [3.05, 3.63) is 21.6 Å². The molecule has 2 N–H and O–H groups in total. The highest BCUT2D eigenvalue weighted by Gasteiger charge is 2.10. The highest BCUT2D eigenvalue weighted by atomic mass is 16.3. The third-order valence-electron chi connectivity index (χ3n) is 1.93. The Labute approximate surface area is 83.3 Å². The number of nitrogens with one attached hydrogen (secondary N) is 2. The average molecular weight is 208 g/mol. The predicted octanol–water partition coefficient (Wildman–Crippen LogP) is 0.154. The first-order valence-electron chi connectivity index (χ1n) is 4.30. The normalized spacial score (nSPS) is 10.5. The van der Waals surface area contributed by atoms with Crippen LogP contribution >= 0.6 is 0 Å². The van der Waals surface area contributed by atoms with Crippen LogP contribution in [0.5, 0.6) is 0 Å². The van der Waals surface area contributed by atoms with E-state index in [1.807, 2.05) is 0 Å². The second-order valence-electron chi connectivity index (χ2n) is 2.79. The van der Waals surface area contributed by atoms with Gasteiger partial charge in [0.05, 0.1) is 11.6 Å². The molecule has 8 nitrogen and oxygen atoms in total. The van der Waals surface area contributed by atoms with Crippen molar-refractivity contribution >= 4 is 17.1 Å². The number of aromatic amines is 2. The Morgan fingerprint density at radius 2 is 2.40 bits per heavy atom. The van der Waals surface area contributed by atoms with E-state index in [0.29, 0.717) is 6.54 Å². The summed E-state index contributed by atoms with van der Waals surface area (Å²) in [7, 11) is 0. The number of rotatable bonds is 3. The fraction of sp³-hybridized carbons (Fsp3) is 0.286. The molecule has 2 heterocycles. The lowest BCUT2D eigenvalue weighted by Gasteiger charge is -2.09. The van der Waals surface area contributed by atoms with Gasteiger partial charge in [-0.15, -0.1) is 4.91 Å². The maximum atomic E-state index is 11.5. The van der Waals surface area contributed by atoms with Crippen LogP contribution in [0.15, 0.2) is 16.4 Å². The van der Waals surface area contributed by atoms with Crippen molar-refractivity contribution in [3.8, 4) is 0 Å². The number of H-pyrrole nitrogens is 2. The molecule has 0 amide bonds. The minimum atomic E-state index is -0.380. The highest BCUT2D eigenvalue weighted by Crippen LogP contribution is 2.08. The second kappa shape index (κ2) is 3.48. The number of nitroso groups, excluding NO2 is 1. The number of fused-ring (bicyclic) bond motifs is 1. The summed E-state index contributed by atoms with van der Waals surface area (Å²) < 4.78 is 0. The van der Waals surface area contributed by atoms with E-state index in [0.717, 1.165) is 5.01 Å². The molecule has 0 unspecified atom stereocenters. The van der Waals surface area contributed by atoms with Crippen molar-refractivity contribution < 1.29 is 0 Å².